The molecule has 0 saturated carbocycles. The monoisotopic (exact) mass is 440 g/mol. The summed E-state index contributed by atoms with van der Waals surface area (Å²) in [5.41, 5.74) is 0. The molecule has 3 rings (SSSR count). The molecular weight excluding hydrogens is 411 g/mol. The zero-order chi connectivity index (χ0) is 18.2. The largest absolute Gasteiger partial charge is 1.00 e. The minimum Gasteiger partial charge on any atom is -1.00 e. The maximum absolute atomic E-state index is 2.34. The van der Waals surface area contributed by atoms with Crippen molar-refractivity contribution in [1.82, 2.24) is 0 Å². The highest BCUT2D eigenvalue weighted by Crippen LogP contribution is 2.55. The maximum atomic E-state index is 2.34. The van der Waals surface area contributed by atoms with Crippen molar-refractivity contribution < 1.29 is 17.0 Å². The topological polar surface area (TPSA) is 0 Å². The van der Waals surface area contributed by atoms with Gasteiger partial charge in [-0.1, -0.05) is 74.9 Å². The number of halogens is 1. The van der Waals surface area contributed by atoms with Gasteiger partial charge >= 0.3 is 0 Å². The van der Waals surface area contributed by atoms with E-state index in [0.29, 0.717) is 0 Å². The van der Waals surface area contributed by atoms with Crippen molar-refractivity contribution in [3.63, 3.8) is 0 Å². The Hall–Kier alpha value is -1.43. The highest BCUT2D eigenvalue weighted by atomic mass is 79.9. The Morgan fingerprint density at radius 1 is 0.593 bits per heavy atom. The third kappa shape index (κ3) is 5.31. The molecule has 0 aliphatic heterocycles. The Labute approximate surface area is 176 Å². The van der Waals surface area contributed by atoms with Crippen LogP contribution in [0.2, 0.25) is 0 Å². The lowest BCUT2D eigenvalue weighted by molar-refractivity contribution is -0.00000535. The van der Waals surface area contributed by atoms with Gasteiger partial charge in [-0.15, -0.1) is 0 Å². The predicted octanol–water partition coefficient (Wildman–Crippen LogP) is 2.81. The first kappa shape index (κ1) is 21.9. The van der Waals surface area contributed by atoms with Crippen molar-refractivity contribution in [2.75, 3.05) is 6.16 Å². The van der Waals surface area contributed by atoms with Crippen molar-refractivity contribution in [3.8, 4) is 0 Å². The highest BCUT2D eigenvalue weighted by Gasteiger charge is 2.44. The van der Waals surface area contributed by atoms with Gasteiger partial charge in [0.15, 0.2) is 0 Å². The van der Waals surface area contributed by atoms with Crippen LogP contribution < -0.4 is 32.9 Å². The second kappa shape index (κ2) is 10.8. The second-order valence-corrected chi connectivity index (χ2v) is 11.0. The van der Waals surface area contributed by atoms with Gasteiger partial charge in [0.25, 0.3) is 0 Å². The van der Waals surface area contributed by atoms with Crippen molar-refractivity contribution in [1.29, 1.82) is 0 Å². The van der Waals surface area contributed by atoms with Crippen LogP contribution in [0.5, 0.6) is 0 Å². The van der Waals surface area contributed by atoms with E-state index in [1.54, 1.807) is 0 Å². The molecule has 0 nitrogen and oxygen atoms in total. The molecule has 0 amide bonds. The third-order valence-corrected chi connectivity index (χ3v) is 9.64. The second-order valence-electron chi connectivity index (χ2n) is 7.43. The van der Waals surface area contributed by atoms with E-state index in [4.69, 9.17) is 0 Å². The first-order chi connectivity index (χ1) is 12.7. The fraction of sp³-hybridized carbons (Fsp3) is 0.280. The lowest BCUT2D eigenvalue weighted by Crippen LogP contribution is -3.00. The standard InChI is InChI=1S/C25H30P.BrH/c1-22(2)14-12-13-21-26(23-15-6-3-7-16-23,24-17-8-4-9-18-24)25-19-10-5-11-20-25;/h3-11,15-20,22H,12-14,21H2,1-2H3;1H/q+1;/p-1. The first-order valence-electron chi connectivity index (χ1n) is 9.78. The molecule has 3 aromatic carbocycles. The summed E-state index contributed by atoms with van der Waals surface area (Å²) < 4.78 is 0. The molecule has 27 heavy (non-hydrogen) atoms. The quantitative estimate of drug-likeness (QED) is 0.373. The van der Waals surface area contributed by atoms with Crippen LogP contribution >= 0.6 is 7.26 Å². The summed E-state index contributed by atoms with van der Waals surface area (Å²) in [5, 5.41) is 4.51. The van der Waals surface area contributed by atoms with Gasteiger partial charge in [0.2, 0.25) is 0 Å². The number of unbranched alkanes of at least 4 members (excludes halogenated alkanes) is 1. The molecule has 0 fully saturated rings. The van der Waals surface area contributed by atoms with Gasteiger partial charge in [-0.05, 0) is 55.2 Å². The lowest BCUT2D eigenvalue weighted by atomic mass is 10.1. The van der Waals surface area contributed by atoms with E-state index < -0.39 is 7.26 Å². The Balaban J connectivity index is 0.00000261. The summed E-state index contributed by atoms with van der Waals surface area (Å²) in [6.07, 6.45) is 5.16. The average molecular weight is 441 g/mol. The van der Waals surface area contributed by atoms with E-state index in [2.05, 4.69) is 105 Å². The van der Waals surface area contributed by atoms with Gasteiger partial charge in [0, 0.05) is 0 Å². The fourth-order valence-corrected chi connectivity index (χ4v) is 8.19. The third-order valence-electron chi connectivity index (χ3n) is 5.12. The minimum absolute atomic E-state index is 0. The van der Waals surface area contributed by atoms with Crippen LogP contribution in [-0.2, 0) is 0 Å². The molecule has 2 heteroatoms. The van der Waals surface area contributed by atoms with Crippen molar-refractivity contribution in [2.24, 2.45) is 5.92 Å². The summed E-state index contributed by atoms with van der Waals surface area (Å²) in [5.74, 6) is 0.785. The zero-order valence-corrected chi connectivity index (χ0v) is 18.9. The van der Waals surface area contributed by atoms with Crippen LogP contribution in [0.1, 0.15) is 33.1 Å². The van der Waals surface area contributed by atoms with Gasteiger partial charge in [0.05, 0.1) is 6.16 Å². The molecule has 142 valence electrons. The smallest absolute Gasteiger partial charge is 0.112 e. The minimum atomic E-state index is -1.61. The molecule has 0 saturated heterocycles. The van der Waals surface area contributed by atoms with E-state index in [-0.39, 0.29) is 17.0 Å². The van der Waals surface area contributed by atoms with Gasteiger partial charge < -0.3 is 17.0 Å². The molecule has 0 unspecified atom stereocenters. The zero-order valence-electron chi connectivity index (χ0n) is 16.4. The molecule has 0 N–H and O–H groups in total. The van der Waals surface area contributed by atoms with Crippen LogP contribution in [0.25, 0.3) is 0 Å². The van der Waals surface area contributed by atoms with E-state index >= 15 is 0 Å². The molecule has 0 bridgehead atoms. The maximum Gasteiger partial charge on any atom is 0.112 e. The average Bonchev–Trinajstić information content (AvgIpc) is 2.70. The lowest BCUT2D eigenvalue weighted by Gasteiger charge is -2.27. The number of benzene rings is 3. The van der Waals surface area contributed by atoms with Crippen LogP contribution in [-0.4, -0.2) is 6.16 Å². The molecule has 0 aliphatic rings. The van der Waals surface area contributed by atoms with Crippen LogP contribution in [0, 0.1) is 5.92 Å². The molecular formula is C25H30BrP. The Morgan fingerprint density at radius 2 is 0.963 bits per heavy atom. The van der Waals surface area contributed by atoms with Gasteiger partial charge in [-0.3, -0.25) is 0 Å². The molecule has 0 heterocycles. The summed E-state index contributed by atoms with van der Waals surface area (Å²) in [6.45, 7) is 4.65. The van der Waals surface area contributed by atoms with Crippen molar-refractivity contribution in [3.05, 3.63) is 91.0 Å². The first-order valence-corrected chi connectivity index (χ1v) is 11.8. The van der Waals surface area contributed by atoms with Crippen LogP contribution in [0.3, 0.4) is 0 Å². The van der Waals surface area contributed by atoms with Crippen molar-refractivity contribution in [2.45, 2.75) is 33.1 Å². The molecule has 0 aliphatic carbocycles. The number of hydrogen-bond donors (Lipinski definition) is 0. The summed E-state index contributed by atoms with van der Waals surface area (Å²) in [6, 6.07) is 33.6. The van der Waals surface area contributed by atoms with Crippen LogP contribution in [0.4, 0.5) is 0 Å². The van der Waals surface area contributed by atoms with Gasteiger partial charge in [0.1, 0.15) is 23.2 Å². The van der Waals surface area contributed by atoms with E-state index in [9.17, 15) is 0 Å². The molecule has 3 aromatic rings. The SMILES string of the molecule is CC(C)CCCC[P+](c1ccccc1)(c1ccccc1)c1ccccc1.[Br-]. The Kier molecular flexibility index (Phi) is 8.74. The van der Waals surface area contributed by atoms with Gasteiger partial charge in [-0.2, -0.15) is 0 Å². The van der Waals surface area contributed by atoms with E-state index in [1.807, 2.05) is 0 Å². The fourth-order valence-electron chi connectivity index (χ4n) is 3.78. The summed E-state index contributed by atoms with van der Waals surface area (Å²) in [4.78, 5) is 0. The predicted molar refractivity (Wildman–Crippen MR) is 119 cm³/mol. The normalized spacial score (nSPS) is 11.2. The Bertz CT molecular complexity index is 673. The van der Waals surface area contributed by atoms with E-state index in [1.165, 1.54) is 41.3 Å². The molecule has 0 spiro atoms. The number of rotatable bonds is 8. The van der Waals surface area contributed by atoms with Crippen LogP contribution in [0.15, 0.2) is 91.0 Å². The summed E-state index contributed by atoms with van der Waals surface area (Å²) >= 11 is 0. The van der Waals surface area contributed by atoms with E-state index in [0.717, 1.165) is 5.92 Å². The summed E-state index contributed by atoms with van der Waals surface area (Å²) in [7, 11) is -1.61. The molecule has 0 radical (unpaired) electrons. The Morgan fingerprint density at radius 3 is 1.30 bits per heavy atom. The number of hydrogen-bond acceptors (Lipinski definition) is 0. The molecule has 0 aromatic heterocycles. The molecule has 0 atom stereocenters. The van der Waals surface area contributed by atoms with Gasteiger partial charge in [-0.25, -0.2) is 0 Å². The van der Waals surface area contributed by atoms with Crippen molar-refractivity contribution >= 4 is 23.2 Å². The highest BCUT2D eigenvalue weighted by molar-refractivity contribution is 7.95.